The Morgan fingerprint density at radius 2 is 1.77 bits per heavy atom. The fraction of sp³-hybridized carbons (Fsp3) is 0.596. The van der Waals surface area contributed by atoms with Gasteiger partial charge in [-0.25, -0.2) is 15.0 Å². The Labute approximate surface area is 455 Å². The molecule has 6 heterocycles. The van der Waals surface area contributed by atoms with Crippen LogP contribution < -0.4 is 10.7 Å². The number of fused-ring (bicyclic) bond motifs is 6. The number of morpholine rings is 1. The lowest BCUT2D eigenvalue weighted by atomic mass is 9.84. The van der Waals surface area contributed by atoms with E-state index in [9.17, 15) is 37.1 Å². The number of esters is 1. The molecular weight excluding hydrogens is 1010 g/mol. The number of likely N-dealkylation sites (tertiary alicyclic amines) is 1. The van der Waals surface area contributed by atoms with Crippen molar-refractivity contribution in [1.82, 2.24) is 40.0 Å². The van der Waals surface area contributed by atoms with Gasteiger partial charge in [0.25, 0.3) is 5.91 Å². The van der Waals surface area contributed by atoms with Crippen LogP contribution in [0, 0.1) is 11.3 Å². The molecule has 0 saturated carbocycles. The molecule has 78 heavy (non-hydrogen) atoms. The molecule has 1 spiro atoms. The average molecular weight is 1090 g/mol. The van der Waals surface area contributed by atoms with Crippen LogP contribution in [0.15, 0.2) is 59.7 Å². The maximum absolute atomic E-state index is 14.8. The lowest BCUT2D eigenvalue weighted by molar-refractivity contribution is -0.155. The molecular formula is C57H78F3N9O9. The van der Waals surface area contributed by atoms with Crippen molar-refractivity contribution in [2.75, 3.05) is 60.1 Å². The predicted octanol–water partition coefficient (Wildman–Crippen LogP) is 8.12. The van der Waals surface area contributed by atoms with E-state index in [0.717, 1.165) is 0 Å². The van der Waals surface area contributed by atoms with E-state index in [1.165, 1.54) is 27.7 Å². The molecule has 0 unspecified atom stereocenters. The Morgan fingerprint density at radius 3 is 2.41 bits per heavy atom. The van der Waals surface area contributed by atoms with E-state index in [1.54, 1.807) is 73.3 Å². The number of urea groups is 1. The molecule has 0 aliphatic carbocycles. The number of aliphatic imine (C=N–C) groups is 1. The molecule has 4 aliphatic rings. The molecule has 1 aromatic carbocycles. The highest BCUT2D eigenvalue weighted by molar-refractivity contribution is 5.96. The van der Waals surface area contributed by atoms with Crippen molar-refractivity contribution in [3.63, 3.8) is 0 Å². The van der Waals surface area contributed by atoms with Gasteiger partial charge >= 0.3 is 24.3 Å². The van der Waals surface area contributed by atoms with Gasteiger partial charge in [0, 0.05) is 86.1 Å². The van der Waals surface area contributed by atoms with Gasteiger partial charge in [0.2, 0.25) is 5.91 Å². The lowest BCUT2D eigenvalue weighted by Crippen LogP contribution is -2.63. The zero-order valence-corrected chi connectivity index (χ0v) is 47.1. The summed E-state index contributed by atoms with van der Waals surface area (Å²) in [6, 6.07) is 6.77. The summed E-state index contributed by atoms with van der Waals surface area (Å²) in [5, 5.41) is 4.81. The lowest BCUT2D eigenvalue weighted by Gasteiger charge is -2.47. The number of alkyl halides is 3. The van der Waals surface area contributed by atoms with E-state index < -0.39 is 83.4 Å². The topological polar surface area (TPSA) is 189 Å². The number of rotatable bonds is 10. The number of cyclic esters (lactones) is 1. The number of methoxy groups -OCH3 is 1. The van der Waals surface area contributed by atoms with E-state index in [2.05, 4.69) is 22.3 Å². The van der Waals surface area contributed by atoms with Crippen LogP contribution in [0.4, 0.5) is 22.8 Å². The molecule has 4 atom stereocenters. The first kappa shape index (κ1) is 59.3. The third-order valence-corrected chi connectivity index (χ3v) is 14.8. The minimum atomic E-state index is -4.64. The molecule has 7 rings (SSSR count). The molecule has 426 valence electrons. The molecule has 2 aromatic heterocycles. The number of amides is 5. The number of pyridine rings is 1. The number of carbonyl (C=O) groups is 5. The number of benzene rings is 1. The summed E-state index contributed by atoms with van der Waals surface area (Å²) in [4.78, 5) is 85.3. The number of hydrazine groups is 1. The van der Waals surface area contributed by atoms with E-state index in [-0.39, 0.29) is 37.7 Å². The van der Waals surface area contributed by atoms with Crippen molar-refractivity contribution < 1.29 is 56.1 Å². The van der Waals surface area contributed by atoms with Gasteiger partial charge in [0.05, 0.1) is 48.5 Å². The number of hydrogen-bond acceptors (Lipinski definition) is 12. The van der Waals surface area contributed by atoms with Crippen LogP contribution in [0.25, 0.3) is 27.7 Å². The monoisotopic (exact) mass is 1090 g/mol. The van der Waals surface area contributed by atoms with Crippen LogP contribution in [-0.4, -0.2) is 167 Å². The van der Waals surface area contributed by atoms with Crippen LogP contribution in [0.5, 0.6) is 0 Å². The number of likely N-dealkylation sites (N-methyl/N-ethyl adjacent to an activating group) is 1. The smallest absolute Gasteiger partial charge is 0.410 e. The van der Waals surface area contributed by atoms with Gasteiger partial charge in [-0.2, -0.15) is 13.2 Å². The molecule has 5 amide bonds. The zero-order valence-electron chi connectivity index (χ0n) is 47.1. The number of ether oxygens (including phenoxy) is 4. The molecule has 2 N–H and O–H groups in total. The van der Waals surface area contributed by atoms with E-state index in [4.69, 9.17) is 23.9 Å². The number of piperidine rings is 1. The number of allylic oxidation sites excluding steroid dienone is 2. The van der Waals surface area contributed by atoms with Crippen molar-refractivity contribution >= 4 is 52.6 Å². The molecule has 3 fully saturated rings. The van der Waals surface area contributed by atoms with Crippen LogP contribution in [0.2, 0.25) is 0 Å². The van der Waals surface area contributed by atoms with Crippen LogP contribution >= 0.6 is 0 Å². The van der Waals surface area contributed by atoms with E-state index in [0.29, 0.717) is 103 Å². The van der Waals surface area contributed by atoms with Gasteiger partial charge in [-0.1, -0.05) is 52.5 Å². The van der Waals surface area contributed by atoms with Gasteiger partial charge in [-0.3, -0.25) is 29.4 Å². The maximum Gasteiger partial charge on any atom is 0.410 e. The first-order chi connectivity index (χ1) is 36.7. The number of hydrogen-bond donors (Lipinski definition) is 2. The minimum absolute atomic E-state index is 0.109. The third kappa shape index (κ3) is 13.7. The summed E-state index contributed by atoms with van der Waals surface area (Å²) in [5.41, 5.74) is 4.13. The van der Waals surface area contributed by atoms with Crippen molar-refractivity contribution in [2.45, 2.75) is 149 Å². The zero-order chi connectivity index (χ0) is 57.1. The van der Waals surface area contributed by atoms with Gasteiger partial charge in [0.15, 0.2) is 0 Å². The highest BCUT2D eigenvalue weighted by Crippen LogP contribution is 2.41. The summed E-state index contributed by atoms with van der Waals surface area (Å²) in [5.74, 6) is -2.16. The number of carbonyl (C=O) groups excluding carboxylic acids is 5. The molecule has 0 radical (unpaired) electrons. The fourth-order valence-electron chi connectivity index (χ4n) is 11.0. The second-order valence-electron chi connectivity index (χ2n) is 23.1. The molecule has 18 nitrogen and oxygen atoms in total. The van der Waals surface area contributed by atoms with Crippen LogP contribution in [-0.2, 0) is 52.7 Å². The normalized spacial score (nSPS) is 21.4. The second kappa shape index (κ2) is 24.0. The first-order valence-electron chi connectivity index (χ1n) is 26.9. The molecule has 6 bridgehead atoms. The molecule has 21 heteroatoms. The summed E-state index contributed by atoms with van der Waals surface area (Å²) in [6.45, 7) is 20.8. The summed E-state index contributed by atoms with van der Waals surface area (Å²) in [7, 11) is 3.06. The fourth-order valence-corrected chi connectivity index (χ4v) is 11.0. The molecule has 3 saturated heterocycles. The van der Waals surface area contributed by atoms with Crippen molar-refractivity contribution in [3.05, 3.63) is 71.7 Å². The highest BCUT2D eigenvalue weighted by atomic mass is 19.4. The second-order valence-corrected chi connectivity index (χ2v) is 23.1. The Bertz CT molecular complexity index is 2790. The Kier molecular flexibility index (Phi) is 18.2. The first-order valence-corrected chi connectivity index (χ1v) is 26.9. The Morgan fingerprint density at radius 1 is 1.05 bits per heavy atom. The minimum Gasteiger partial charge on any atom is -0.464 e. The quantitative estimate of drug-likeness (QED) is 0.113. The Hall–Kier alpha value is -6.32. The molecule has 4 aliphatic heterocycles. The van der Waals surface area contributed by atoms with Crippen LogP contribution in [0.3, 0.4) is 0 Å². The summed E-state index contributed by atoms with van der Waals surface area (Å²) >= 11 is 0. The highest BCUT2D eigenvalue weighted by Gasteiger charge is 2.45. The van der Waals surface area contributed by atoms with Crippen molar-refractivity contribution in [3.8, 4) is 11.3 Å². The van der Waals surface area contributed by atoms with Gasteiger partial charge in [-0.15, -0.1) is 0 Å². The SMILES string of the molecule is C=C/C(=C(\N=C/C)[C@H](C)OC)c1c2c3cc(ccc3n1CC(F)(F)F)-c1cccc(n1)C[C@H](NC(=O)[C@H](C(C)C)N(C)C(=O)N1CCC3(CC1)CN(C(=O)OC(C)(C)C)CCO3)C(=O)N1CCC[C@H](N1)C(=O)OCC(C)(C)C2. The van der Waals surface area contributed by atoms with E-state index >= 15 is 0 Å². The largest absolute Gasteiger partial charge is 0.464 e. The van der Waals surface area contributed by atoms with Crippen molar-refractivity contribution in [1.29, 1.82) is 0 Å². The van der Waals surface area contributed by atoms with Gasteiger partial charge in [0.1, 0.15) is 30.3 Å². The Balaban J connectivity index is 1.24. The van der Waals surface area contributed by atoms with Gasteiger partial charge in [-0.05, 0) is 102 Å². The third-order valence-electron chi connectivity index (χ3n) is 14.8. The number of halogens is 3. The van der Waals surface area contributed by atoms with Gasteiger partial charge < -0.3 is 43.5 Å². The average Bonchev–Trinajstić information content (AvgIpc) is 3.95. The maximum atomic E-state index is 14.8. The summed E-state index contributed by atoms with van der Waals surface area (Å²) in [6.07, 6.45) is -0.923. The summed E-state index contributed by atoms with van der Waals surface area (Å²) < 4.78 is 69.3. The van der Waals surface area contributed by atoms with Crippen molar-refractivity contribution in [2.24, 2.45) is 16.3 Å². The number of aromatic nitrogens is 2. The number of nitrogens with one attached hydrogen (secondary N) is 2. The molecule has 3 aromatic rings. The van der Waals surface area contributed by atoms with Crippen LogP contribution in [0.1, 0.15) is 105 Å². The van der Waals surface area contributed by atoms with E-state index in [1.807, 2.05) is 48.5 Å². The number of nitrogens with zero attached hydrogens (tertiary/aromatic N) is 7. The standard InChI is InChI=1S/C57H78F3N9O9/c1-13-39(46(61-14-2)36(5)75-12)48-41-31-55(9,10)34-76-51(72)43-19-16-24-69(64-43)50(71)44(30-38-17-15-18-42(62-38)37-20-21-45(40(41)29-37)68(48)33-57(58,59)60)63-49(70)47(35(3)4)65(11)52(73)66-25-22-56(23-26-66)32-67(27-28-77-56)53(74)78-54(6,7)8/h13-15,17-18,20-21,29,35-36,43-44,47,64H,1,16,19,22-28,30-34H2,2-12H3,(H,63,70)/b46-39+,61-14-/t36-,43-,44-,47-/m0/s1. The predicted molar refractivity (Wildman–Crippen MR) is 290 cm³/mol.